The molecule has 0 radical (unpaired) electrons. The third kappa shape index (κ3) is 3.35. The standard InChI is InChI=1S/C13H15N5O3/c1-7(10-5-4-9(21-3)6-11(10)19)15-17-13-14-12(20)8(2)16-18-13/h4-6,19H,1-3H3,(H2,14,17,18,20)/b15-7+. The number of ether oxygens (including phenoxy) is 1. The summed E-state index contributed by atoms with van der Waals surface area (Å²) in [6.45, 7) is 3.26. The number of hydrazone groups is 1. The van der Waals surface area contributed by atoms with Crippen LogP contribution in [0.4, 0.5) is 5.95 Å². The van der Waals surface area contributed by atoms with Gasteiger partial charge in [-0.05, 0) is 26.0 Å². The molecule has 0 bridgehead atoms. The molecular formula is C13H15N5O3. The Hall–Kier alpha value is -2.90. The van der Waals surface area contributed by atoms with E-state index in [1.807, 2.05) is 0 Å². The van der Waals surface area contributed by atoms with Gasteiger partial charge in [0.15, 0.2) is 0 Å². The van der Waals surface area contributed by atoms with Gasteiger partial charge in [-0.25, -0.2) is 5.43 Å². The van der Waals surface area contributed by atoms with Crippen molar-refractivity contribution in [2.45, 2.75) is 13.8 Å². The Morgan fingerprint density at radius 2 is 2.19 bits per heavy atom. The summed E-state index contributed by atoms with van der Waals surface area (Å²) < 4.78 is 5.01. The van der Waals surface area contributed by atoms with Crippen molar-refractivity contribution in [1.82, 2.24) is 15.2 Å². The van der Waals surface area contributed by atoms with Crippen molar-refractivity contribution in [1.29, 1.82) is 0 Å². The highest BCUT2D eigenvalue weighted by Gasteiger charge is 2.06. The first kappa shape index (κ1) is 14.5. The molecule has 1 aromatic carbocycles. The number of benzene rings is 1. The van der Waals surface area contributed by atoms with Crippen LogP contribution in [0.3, 0.4) is 0 Å². The summed E-state index contributed by atoms with van der Waals surface area (Å²) in [6, 6.07) is 4.88. The summed E-state index contributed by atoms with van der Waals surface area (Å²) in [6.07, 6.45) is 0. The SMILES string of the molecule is COc1ccc(/C(C)=N/Nc2nnc(C)c(=O)[nH]2)c(O)c1. The van der Waals surface area contributed by atoms with E-state index in [0.717, 1.165) is 0 Å². The van der Waals surface area contributed by atoms with E-state index >= 15 is 0 Å². The number of aryl methyl sites for hydroxylation is 1. The average Bonchev–Trinajstić information content (AvgIpc) is 2.48. The Morgan fingerprint density at radius 3 is 2.81 bits per heavy atom. The summed E-state index contributed by atoms with van der Waals surface area (Å²) in [5.41, 5.74) is 3.56. The lowest BCUT2D eigenvalue weighted by Gasteiger charge is -2.07. The average molecular weight is 289 g/mol. The maximum Gasteiger partial charge on any atom is 0.274 e. The number of anilines is 1. The number of phenols is 1. The number of nitrogens with one attached hydrogen (secondary N) is 2. The Bertz CT molecular complexity index is 739. The molecule has 1 aromatic heterocycles. The van der Waals surface area contributed by atoms with E-state index in [1.165, 1.54) is 13.2 Å². The number of rotatable bonds is 4. The van der Waals surface area contributed by atoms with Gasteiger partial charge in [0.1, 0.15) is 17.2 Å². The summed E-state index contributed by atoms with van der Waals surface area (Å²) in [7, 11) is 1.52. The third-order valence-electron chi connectivity index (χ3n) is 2.78. The van der Waals surface area contributed by atoms with Crippen molar-refractivity contribution in [2.75, 3.05) is 12.5 Å². The van der Waals surface area contributed by atoms with Crippen LogP contribution in [0.15, 0.2) is 28.1 Å². The first-order valence-corrected chi connectivity index (χ1v) is 6.12. The number of aromatic amines is 1. The topological polar surface area (TPSA) is 112 Å². The van der Waals surface area contributed by atoms with E-state index in [4.69, 9.17) is 4.74 Å². The quantitative estimate of drug-likeness (QED) is 0.572. The van der Waals surface area contributed by atoms with Gasteiger partial charge in [-0.15, -0.1) is 10.2 Å². The predicted molar refractivity (Wildman–Crippen MR) is 77.9 cm³/mol. The molecule has 1 heterocycles. The summed E-state index contributed by atoms with van der Waals surface area (Å²) >= 11 is 0. The maximum absolute atomic E-state index is 11.4. The lowest BCUT2D eigenvalue weighted by atomic mass is 10.1. The van der Waals surface area contributed by atoms with Crippen molar-refractivity contribution in [3.8, 4) is 11.5 Å². The highest BCUT2D eigenvalue weighted by Crippen LogP contribution is 2.23. The lowest BCUT2D eigenvalue weighted by Crippen LogP contribution is -2.16. The summed E-state index contributed by atoms with van der Waals surface area (Å²) in [5.74, 6) is 0.713. The second-order valence-electron chi connectivity index (χ2n) is 4.28. The molecule has 0 saturated heterocycles. The molecule has 2 aromatic rings. The first-order valence-electron chi connectivity index (χ1n) is 6.12. The largest absolute Gasteiger partial charge is 0.507 e. The Balaban J connectivity index is 2.21. The smallest absolute Gasteiger partial charge is 0.274 e. The second kappa shape index (κ2) is 6.04. The van der Waals surface area contributed by atoms with Crippen LogP contribution < -0.4 is 15.7 Å². The zero-order valence-electron chi connectivity index (χ0n) is 11.8. The van der Waals surface area contributed by atoms with Crippen LogP contribution >= 0.6 is 0 Å². The fraction of sp³-hybridized carbons (Fsp3) is 0.231. The Kier molecular flexibility index (Phi) is 4.17. The highest BCUT2D eigenvalue weighted by atomic mass is 16.5. The van der Waals surface area contributed by atoms with Crippen molar-refractivity contribution in [2.24, 2.45) is 5.10 Å². The van der Waals surface area contributed by atoms with Crippen LogP contribution in [0, 0.1) is 6.92 Å². The van der Waals surface area contributed by atoms with Crippen molar-refractivity contribution >= 4 is 11.7 Å². The minimum atomic E-state index is -0.340. The minimum Gasteiger partial charge on any atom is -0.507 e. The Morgan fingerprint density at radius 1 is 1.43 bits per heavy atom. The van der Waals surface area contributed by atoms with Gasteiger partial charge in [-0.3, -0.25) is 9.78 Å². The molecule has 0 unspecified atom stereocenters. The van der Waals surface area contributed by atoms with Crippen LogP contribution in [-0.4, -0.2) is 33.1 Å². The maximum atomic E-state index is 11.4. The predicted octanol–water partition coefficient (Wildman–Crippen LogP) is 1.02. The van der Waals surface area contributed by atoms with E-state index < -0.39 is 0 Å². The van der Waals surface area contributed by atoms with Gasteiger partial charge < -0.3 is 9.84 Å². The van der Waals surface area contributed by atoms with Crippen molar-refractivity contribution in [3.63, 3.8) is 0 Å². The summed E-state index contributed by atoms with van der Waals surface area (Å²) in [5, 5.41) is 21.4. The zero-order chi connectivity index (χ0) is 15.4. The molecule has 0 aliphatic carbocycles. The Labute approximate surface area is 120 Å². The van der Waals surface area contributed by atoms with Gasteiger partial charge in [0.2, 0.25) is 5.95 Å². The molecule has 0 aliphatic rings. The number of hydrogen-bond donors (Lipinski definition) is 3. The molecule has 110 valence electrons. The van der Waals surface area contributed by atoms with E-state index in [2.05, 4.69) is 25.7 Å². The molecule has 0 atom stereocenters. The normalized spacial score (nSPS) is 11.3. The second-order valence-corrected chi connectivity index (χ2v) is 4.28. The fourth-order valence-electron chi connectivity index (χ4n) is 1.59. The van der Waals surface area contributed by atoms with Crippen LogP contribution in [0.1, 0.15) is 18.2 Å². The van der Waals surface area contributed by atoms with Crippen LogP contribution in [0.25, 0.3) is 0 Å². The van der Waals surface area contributed by atoms with Crippen LogP contribution in [0.5, 0.6) is 11.5 Å². The number of H-pyrrole nitrogens is 1. The number of nitrogens with zero attached hydrogens (tertiary/aromatic N) is 3. The number of phenolic OH excluding ortho intramolecular Hbond substituents is 1. The van der Waals surface area contributed by atoms with Crippen LogP contribution in [0.2, 0.25) is 0 Å². The van der Waals surface area contributed by atoms with Gasteiger partial charge in [0.05, 0.1) is 12.8 Å². The zero-order valence-corrected chi connectivity index (χ0v) is 11.8. The van der Waals surface area contributed by atoms with E-state index in [9.17, 15) is 9.90 Å². The van der Waals surface area contributed by atoms with Crippen molar-refractivity contribution in [3.05, 3.63) is 39.8 Å². The van der Waals surface area contributed by atoms with Crippen LogP contribution in [-0.2, 0) is 0 Å². The number of aromatic hydroxyl groups is 1. The van der Waals surface area contributed by atoms with E-state index in [0.29, 0.717) is 17.0 Å². The fourth-order valence-corrected chi connectivity index (χ4v) is 1.59. The van der Waals surface area contributed by atoms with Gasteiger partial charge in [-0.2, -0.15) is 5.10 Å². The van der Waals surface area contributed by atoms with Gasteiger partial charge in [-0.1, -0.05) is 0 Å². The lowest BCUT2D eigenvalue weighted by molar-refractivity contribution is 0.407. The first-order chi connectivity index (χ1) is 10.0. The molecule has 0 fully saturated rings. The molecule has 0 spiro atoms. The number of hydrogen-bond acceptors (Lipinski definition) is 7. The van der Waals surface area contributed by atoms with E-state index in [-0.39, 0.29) is 23.0 Å². The summed E-state index contributed by atoms with van der Waals surface area (Å²) in [4.78, 5) is 13.9. The molecule has 8 heteroatoms. The molecule has 3 N–H and O–H groups in total. The van der Waals surface area contributed by atoms with Gasteiger partial charge in [0, 0.05) is 11.6 Å². The molecule has 2 rings (SSSR count). The molecule has 21 heavy (non-hydrogen) atoms. The number of methoxy groups -OCH3 is 1. The molecule has 0 saturated carbocycles. The molecule has 8 nitrogen and oxygen atoms in total. The minimum absolute atomic E-state index is 0.0425. The van der Waals surface area contributed by atoms with Crippen molar-refractivity contribution < 1.29 is 9.84 Å². The van der Waals surface area contributed by atoms with Gasteiger partial charge >= 0.3 is 0 Å². The van der Waals surface area contributed by atoms with Gasteiger partial charge in [0.25, 0.3) is 5.56 Å². The number of aromatic nitrogens is 3. The third-order valence-corrected chi connectivity index (χ3v) is 2.78. The highest BCUT2D eigenvalue weighted by molar-refractivity contribution is 6.01. The molecule has 0 amide bonds. The monoisotopic (exact) mass is 289 g/mol. The van der Waals surface area contributed by atoms with E-state index in [1.54, 1.807) is 26.0 Å². The molecular weight excluding hydrogens is 274 g/mol. The molecule has 0 aliphatic heterocycles.